The number of amides is 1. The minimum absolute atomic E-state index is 0.273. The first-order valence-corrected chi connectivity index (χ1v) is 4.21. The molecule has 2 aliphatic rings. The highest BCUT2D eigenvalue weighted by Crippen LogP contribution is 2.16. The maximum atomic E-state index is 11.3. The number of carbonyl (C=O) groups excluding carboxylic acids is 1. The summed E-state index contributed by atoms with van der Waals surface area (Å²) in [7, 11) is 0. The van der Waals surface area contributed by atoms with Crippen LogP contribution in [0.4, 0.5) is 0 Å². The molecule has 1 fully saturated rings. The first-order chi connectivity index (χ1) is 5.38. The normalized spacial score (nSPS) is 24.5. The Labute approximate surface area is 66.1 Å². The number of aliphatic imine (C=N–C) groups is 1. The molecule has 0 aromatic carbocycles. The van der Waals surface area contributed by atoms with E-state index < -0.39 is 0 Å². The van der Waals surface area contributed by atoms with Crippen molar-refractivity contribution in [2.75, 3.05) is 13.1 Å². The number of piperidine rings is 1. The molecule has 0 aliphatic carbocycles. The summed E-state index contributed by atoms with van der Waals surface area (Å²) >= 11 is 0. The standard InChI is InChI=1S/C8H12N2O/c11-8-4-1-3-7-9-5-2-6-10(7)8/h1-6H2. The third kappa shape index (κ3) is 1.15. The zero-order chi connectivity index (χ0) is 7.68. The van der Waals surface area contributed by atoms with Gasteiger partial charge in [0.1, 0.15) is 5.84 Å². The van der Waals surface area contributed by atoms with Gasteiger partial charge in [0, 0.05) is 25.9 Å². The molecule has 0 unspecified atom stereocenters. The molecular weight excluding hydrogens is 140 g/mol. The maximum absolute atomic E-state index is 11.3. The van der Waals surface area contributed by atoms with E-state index in [1.54, 1.807) is 0 Å². The molecule has 11 heavy (non-hydrogen) atoms. The number of nitrogens with zero attached hydrogens (tertiary/aromatic N) is 2. The molecule has 3 nitrogen and oxygen atoms in total. The summed E-state index contributed by atoms with van der Waals surface area (Å²) in [4.78, 5) is 17.5. The molecular formula is C8H12N2O. The third-order valence-corrected chi connectivity index (χ3v) is 2.24. The van der Waals surface area contributed by atoms with Gasteiger partial charge in [0.2, 0.25) is 5.91 Å². The zero-order valence-electron chi connectivity index (χ0n) is 6.55. The van der Waals surface area contributed by atoms with Crippen molar-refractivity contribution >= 4 is 11.7 Å². The number of amidine groups is 1. The topological polar surface area (TPSA) is 32.7 Å². The molecule has 0 spiro atoms. The third-order valence-electron chi connectivity index (χ3n) is 2.24. The van der Waals surface area contributed by atoms with Gasteiger partial charge in [-0.3, -0.25) is 9.79 Å². The molecule has 1 amide bonds. The minimum atomic E-state index is 0.273. The van der Waals surface area contributed by atoms with E-state index in [0.29, 0.717) is 0 Å². The van der Waals surface area contributed by atoms with Crippen LogP contribution in [0.5, 0.6) is 0 Å². The van der Waals surface area contributed by atoms with Crippen molar-refractivity contribution in [1.29, 1.82) is 0 Å². The van der Waals surface area contributed by atoms with Crippen molar-refractivity contribution < 1.29 is 4.79 Å². The van der Waals surface area contributed by atoms with Crippen molar-refractivity contribution in [3.63, 3.8) is 0 Å². The molecule has 0 radical (unpaired) electrons. The van der Waals surface area contributed by atoms with E-state index in [-0.39, 0.29) is 5.91 Å². The van der Waals surface area contributed by atoms with Crippen LogP contribution in [0.3, 0.4) is 0 Å². The van der Waals surface area contributed by atoms with E-state index in [2.05, 4.69) is 4.99 Å². The van der Waals surface area contributed by atoms with Crippen LogP contribution in [0.1, 0.15) is 25.7 Å². The fraction of sp³-hybridized carbons (Fsp3) is 0.750. The second kappa shape index (κ2) is 2.64. The number of fused-ring (bicyclic) bond motifs is 1. The average Bonchev–Trinajstić information content (AvgIpc) is 2.06. The molecule has 0 aromatic heterocycles. The summed E-state index contributed by atoms with van der Waals surface area (Å²) in [5, 5.41) is 0. The molecule has 1 saturated heterocycles. The summed E-state index contributed by atoms with van der Waals surface area (Å²) in [6.45, 7) is 1.82. The molecule has 0 aromatic rings. The van der Waals surface area contributed by atoms with E-state index in [4.69, 9.17) is 0 Å². The summed E-state index contributed by atoms with van der Waals surface area (Å²) < 4.78 is 0. The van der Waals surface area contributed by atoms with Crippen molar-refractivity contribution in [3.8, 4) is 0 Å². The Kier molecular flexibility index (Phi) is 1.64. The van der Waals surface area contributed by atoms with E-state index in [1.807, 2.05) is 4.90 Å². The molecule has 3 heteroatoms. The van der Waals surface area contributed by atoms with Crippen molar-refractivity contribution in [2.45, 2.75) is 25.7 Å². The Morgan fingerprint density at radius 3 is 3.00 bits per heavy atom. The van der Waals surface area contributed by atoms with Gasteiger partial charge in [-0.2, -0.15) is 0 Å². The predicted molar refractivity (Wildman–Crippen MR) is 42.5 cm³/mol. The number of hydrogen-bond donors (Lipinski definition) is 0. The van der Waals surface area contributed by atoms with Crippen molar-refractivity contribution in [3.05, 3.63) is 0 Å². The van der Waals surface area contributed by atoms with Crippen molar-refractivity contribution in [2.24, 2.45) is 4.99 Å². The van der Waals surface area contributed by atoms with E-state index in [0.717, 1.165) is 44.6 Å². The first kappa shape index (κ1) is 6.83. The lowest BCUT2D eigenvalue weighted by molar-refractivity contribution is -0.128. The van der Waals surface area contributed by atoms with Gasteiger partial charge >= 0.3 is 0 Å². The Balaban J connectivity index is 2.20. The Morgan fingerprint density at radius 1 is 1.27 bits per heavy atom. The highest BCUT2D eigenvalue weighted by molar-refractivity contribution is 6.00. The van der Waals surface area contributed by atoms with Gasteiger partial charge in [0.25, 0.3) is 0 Å². The van der Waals surface area contributed by atoms with E-state index in [1.165, 1.54) is 0 Å². The van der Waals surface area contributed by atoms with Crippen LogP contribution >= 0.6 is 0 Å². The Hall–Kier alpha value is -0.860. The van der Waals surface area contributed by atoms with Gasteiger partial charge in [-0.25, -0.2) is 0 Å². The lowest BCUT2D eigenvalue weighted by Crippen LogP contribution is -2.43. The minimum Gasteiger partial charge on any atom is -0.301 e. The second-order valence-electron chi connectivity index (χ2n) is 3.05. The monoisotopic (exact) mass is 152 g/mol. The first-order valence-electron chi connectivity index (χ1n) is 4.21. The molecule has 0 atom stereocenters. The number of carbonyl (C=O) groups is 1. The summed E-state index contributed by atoms with van der Waals surface area (Å²) in [5.41, 5.74) is 0. The average molecular weight is 152 g/mol. The Bertz CT molecular complexity index is 210. The molecule has 2 rings (SSSR count). The van der Waals surface area contributed by atoms with Crippen LogP contribution < -0.4 is 0 Å². The van der Waals surface area contributed by atoms with Crippen LogP contribution in [-0.4, -0.2) is 29.7 Å². The van der Waals surface area contributed by atoms with Crippen LogP contribution in [0.15, 0.2) is 4.99 Å². The van der Waals surface area contributed by atoms with Gasteiger partial charge in [-0.05, 0) is 12.8 Å². The summed E-state index contributed by atoms with van der Waals surface area (Å²) in [6.07, 6.45) is 3.76. The molecule has 0 N–H and O–H groups in total. The summed E-state index contributed by atoms with van der Waals surface area (Å²) in [6, 6.07) is 0. The molecule has 0 saturated carbocycles. The highest BCUT2D eigenvalue weighted by Gasteiger charge is 2.25. The quantitative estimate of drug-likeness (QED) is 0.505. The fourth-order valence-electron chi connectivity index (χ4n) is 1.67. The number of rotatable bonds is 0. The molecule has 2 heterocycles. The largest absolute Gasteiger partial charge is 0.301 e. The zero-order valence-corrected chi connectivity index (χ0v) is 6.55. The SMILES string of the molecule is O=C1CCCC2=NCCCN12. The number of hydrogen-bond acceptors (Lipinski definition) is 2. The predicted octanol–water partition coefficient (Wildman–Crippen LogP) is 0.801. The molecule has 2 aliphatic heterocycles. The smallest absolute Gasteiger partial charge is 0.227 e. The maximum Gasteiger partial charge on any atom is 0.227 e. The van der Waals surface area contributed by atoms with E-state index in [9.17, 15) is 4.79 Å². The van der Waals surface area contributed by atoms with Crippen LogP contribution in [0.2, 0.25) is 0 Å². The lowest BCUT2D eigenvalue weighted by atomic mass is 10.1. The Morgan fingerprint density at radius 2 is 2.18 bits per heavy atom. The van der Waals surface area contributed by atoms with E-state index >= 15 is 0 Å². The van der Waals surface area contributed by atoms with Gasteiger partial charge in [-0.1, -0.05) is 0 Å². The fourth-order valence-corrected chi connectivity index (χ4v) is 1.67. The van der Waals surface area contributed by atoms with Gasteiger partial charge in [0.05, 0.1) is 0 Å². The van der Waals surface area contributed by atoms with Crippen molar-refractivity contribution in [1.82, 2.24) is 4.90 Å². The highest BCUT2D eigenvalue weighted by atomic mass is 16.2. The van der Waals surface area contributed by atoms with Gasteiger partial charge in [-0.15, -0.1) is 0 Å². The van der Waals surface area contributed by atoms with Gasteiger partial charge < -0.3 is 4.90 Å². The van der Waals surface area contributed by atoms with Crippen LogP contribution in [0, 0.1) is 0 Å². The lowest BCUT2D eigenvalue weighted by Gasteiger charge is -2.31. The second-order valence-corrected chi connectivity index (χ2v) is 3.05. The van der Waals surface area contributed by atoms with Crippen LogP contribution in [-0.2, 0) is 4.79 Å². The molecule has 0 bridgehead atoms. The summed E-state index contributed by atoms with van der Waals surface area (Å²) in [5.74, 6) is 1.31. The molecule has 60 valence electrons. The van der Waals surface area contributed by atoms with Gasteiger partial charge in [0.15, 0.2) is 0 Å². The van der Waals surface area contributed by atoms with Crippen LogP contribution in [0.25, 0.3) is 0 Å².